The predicted molar refractivity (Wildman–Crippen MR) is 78.4 cm³/mol. The second-order valence-electron chi connectivity index (χ2n) is 5.08. The second-order valence-corrected chi connectivity index (χ2v) is 5.08. The lowest BCUT2D eigenvalue weighted by atomic mass is 10.0. The van der Waals surface area contributed by atoms with Crippen LogP contribution in [0.25, 0.3) is 0 Å². The van der Waals surface area contributed by atoms with Gasteiger partial charge in [-0.15, -0.1) is 0 Å². The molecule has 2 N–H and O–H groups in total. The van der Waals surface area contributed by atoms with Crippen LogP contribution in [-0.4, -0.2) is 21.6 Å². The van der Waals surface area contributed by atoms with E-state index in [0.29, 0.717) is 16.8 Å². The molecule has 0 unspecified atom stereocenters. The van der Waals surface area contributed by atoms with E-state index in [0.717, 1.165) is 12.1 Å². The van der Waals surface area contributed by atoms with Gasteiger partial charge in [0, 0.05) is 6.72 Å². The number of hydrogen-bond donors (Lipinski definition) is 2. The number of hydrogen-bond acceptors (Lipinski definition) is 4. The van der Waals surface area contributed by atoms with Gasteiger partial charge in [-0.05, 0) is 35.9 Å². The monoisotopic (exact) mass is 379 g/mol. The van der Waals surface area contributed by atoms with Crippen LogP contribution in [0.15, 0.2) is 40.4 Å². The summed E-state index contributed by atoms with van der Waals surface area (Å²) >= 11 is 0. The SMILES string of the molecule is C=Nn1c(O)c(O)cc/c1=N/Cc1cc(C(F)(F)F)cc(C(F)(F)F)c1. The molecular weight excluding hydrogens is 368 g/mol. The highest BCUT2D eigenvalue weighted by atomic mass is 19.4. The van der Waals surface area contributed by atoms with Gasteiger partial charge >= 0.3 is 12.4 Å². The van der Waals surface area contributed by atoms with Crippen molar-refractivity contribution in [3.63, 3.8) is 0 Å². The molecule has 0 saturated carbocycles. The van der Waals surface area contributed by atoms with Crippen LogP contribution in [0.5, 0.6) is 11.6 Å². The van der Waals surface area contributed by atoms with Gasteiger partial charge < -0.3 is 10.2 Å². The van der Waals surface area contributed by atoms with E-state index >= 15 is 0 Å². The van der Waals surface area contributed by atoms with Crippen LogP contribution in [0.2, 0.25) is 0 Å². The lowest BCUT2D eigenvalue weighted by molar-refractivity contribution is -0.143. The zero-order valence-corrected chi connectivity index (χ0v) is 12.8. The predicted octanol–water partition coefficient (Wildman–Crippen LogP) is 3.50. The number of aromatic nitrogens is 1. The smallest absolute Gasteiger partial charge is 0.416 e. The molecule has 5 nitrogen and oxygen atoms in total. The van der Waals surface area contributed by atoms with E-state index in [1.54, 1.807) is 0 Å². The Bertz CT molecular complexity index is 867. The minimum Gasteiger partial charge on any atom is -0.503 e. The van der Waals surface area contributed by atoms with E-state index in [1.165, 1.54) is 0 Å². The van der Waals surface area contributed by atoms with Gasteiger partial charge in [0.05, 0.1) is 17.7 Å². The quantitative estimate of drug-likeness (QED) is 0.633. The van der Waals surface area contributed by atoms with Crippen molar-refractivity contribution in [1.29, 1.82) is 0 Å². The van der Waals surface area contributed by atoms with Crippen molar-refractivity contribution in [2.24, 2.45) is 10.1 Å². The lowest BCUT2D eigenvalue weighted by Gasteiger charge is -2.13. The Balaban J connectivity index is 2.54. The maximum absolute atomic E-state index is 12.8. The molecule has 0 aliphatic heterocycles. The summed E-state index contributed by atoms with van der Waals surface area (Å²) in [5, 5.41) is 22.3. The summed E-state index contributed by atoms with van der Waals surface area (Å²) in [6.45, 7) is 2.56. The van der Waals surface area contributed by atoms with Gasteiger partial charge in [0.15, 0.2) is 11.2 Å². The van der Waals surface area contributed by atoms with Crippen LogP contribution in [-0.2, 0) is 18.9 Å². The van der Waals surface area contributed by atoms with Gasteiger partial charge in [0.1, 0.15) is 0 Å². The standard InChI is InChI=1S/C15H11F6N3O2/c1-22-24-12(3-2-11(25)13(24)26)23-7-8-4-9(14(16,17)18)6-10(5-8)15(19,20)21/h2-6,25-26H,1,7H2/b23-12-. The Kier molecular flexibility index (Phi) is 5.01. The molecule has 2 aromatic rings. The second kappa shape index (κ2) is 6.73. The highest BCUT2D eigenvalue weighted by Crippen LogP contribution is 2.36. The molecule has 0 bridgehead atoms. The first kappa shape index (κ1) is 19.3. The molecular formula is C15H11F6N3O2. The third kappa shape index (κ3) is 4.16. The number of aromatic hydroxyl groups is 2. The number of halogens is 6. The van der Waals surface area contributed by atoms with E-state index in [-0.39, 0.29) is 17.1 Å². The largest absolute Gasteiger partial charge is 0.503 e. The first-order valence-corrected chi connectivity index (χ1v) is 6.83. The van der Waals surface area contributed by atoms with Crippen LogP contribution in [0, 0.1) is 0 Å². The number of rotatable bonds is 3. The van der Waals surface area contributed by atoms with Gasteiger partial charge in [0.25, 0.3) is 5.88 Å². The summed E-state index contributed by atoms with van der Waals surface area (Å²) < 4.78 is 77.6. The molecule has 140 valence electrons. The van der Waals surface area contributed by atoms with Crippen LogP contribution in [0.4, 0.5) is 26.3 Å². The molecule has 11 heteroatoms. The number of pyridine rings is 1. The van der Waals surface area contributed by atoms with Crippen LogP contribution in [0.1, 0.15) is 16.7 Å². The molecule has 0 radical (unpaired) electrons. The van der Waals surface area contributed by atoms with Gasteiger partial charge in [0.2, 0.25) is 0 Å². The van der Waals surface area contributed by atoms with Gasteiger partial charge in [-0.3, -0.25) is 4.99 Å². The van der Waals surface area contributed by atoms with Crippen LogP contribution in [0.3, 0.4) is 0 Å². The fourth-order valence-corrected chi connectivity index (χ4v) is 2.06. The molecule has 0 aliphatic rings. The summed E-state index contributed by atoms with van der Waals surface area (Å²) in [4.78, 5) is 3.82. The summed E-state index contributed by atoms with van der Waals surface area (Å²) in [7, 11) is 0. The molecule has 0 saturated heterocycles. The normalized spacial score (nSPS) is 13.1. The van der Waals surface area contributed by atoms with Gasteiger partial charge in [-0.1, -0.05) is 0 Å². The Morgan fingerprint density at radius 2 is 1.46 bits per heavy atom. The molecule has 0 spiro atoms. The number of nitrogens with zero attached hydrogens (tertiary/aromatic N) is 3. The molecule has 0 aliphatic carbocycles. The third-order valence-electron chi connectivity index (χ3n) is 3.25. The first-order valence-electron chi connectivity index (χ1n) is 6.83. The van der Waals surface area contributed by atoms with Crippen LogP contribution >= 0.6 is 0 Å². The maximum Gasteiger partial charge on any atom is 0.416 e. The molecule has 1 aromatic carbocycles. The molecule has 26 heavy (non-hydrogen) atoms. The van der Waals surface area contributed by atoms with Crippen molar-refractivity contribution in [1.82, 2.24) is 4.68 Å². The minimum atomic E-state index is -4.96. The number of benzene rings is 1. The topological polar surface area (TPSA) is 70.1 Å². The van der Waals surface area contributed by atoms with E-state index in [2.05, 4.69) is 16.8 Å². The molecule has 1 heterocycles. The maximum atomic E-state index is 12.8. The van der Waals surface area contributed by atoms with E-state index in [9.17, 15) is 36.6 Å². The Hall–Kier alpha value is -2.98. The van der Waals surface area contributed by atoms with Gasteiger partial charge in [-0.25, -0.2) is 0 Å². The molecule has 0 atom stereocenters. The zero-order chi connectivity index (χ0) is 19.7. The molecule has 0 amide bonds. The van der Waals surface area contributed by atoms with Crippen molar-refractivity contribution < 1.29 is 36.6 Å². The Morgan fingerprint density at radius 3 is 1.92 bits per heavy atom. The highest BCUT2D eigenvalue weighted by molar-refractivity contribution is 5.34. The first-order chi connectivity index (χ1) is 11.9. The van der Waals surface area contributed by atoms with E-state index in [4.69, 9.17) is 0 Å². The summed E-state index contributed by atoms with van der Waals surface area (Å²) in [6.07, 6.45) is -9.93. The molecule has 0 fully saturated rings. The van der Waals surface area contributed by atoms with Crippen LogP contribution < -0.4 is 5.49 Å². The molecule has 2 rings (SSSR count). The number of alkyl halides is 6. The summed E-state index contributed by atoms with van der Waals surface area (Å²) in [5.74, 6) is -1.30. The van der Waals surface area contributed by atoms with Crippen molar-refractivity contribution in [3.05, 3.63) is 52.5 Å². The van der Waals surface area contributed by atoms with Gasteiger partial charge in [-0.2, -0.15) is 36.1 Å². The molecule has 1 aromatic heterocycles. The highest BCUT2D eigenvalue weighted by Gasteiger charge is 2.36. The fourth-order valence-electron chi connectivity index (χ4n) is 2.06. The summed E-state index contributed by atoms with van der Waals surface area (Å²) in [5.41, 5.74) is -3.40. The average molecular weight is 379 g/mol. The summed E-state index contributed by atoms with van der Waals surface area (Å²) in [6, 6.07) is 3.29. The zero-order valence-electron chi connectivity index (χ0n) is 12.8. The minimum absolute atomic E-state index is 0.0152. The van der Waals surface area contributed by atoms with E-state index < -0.39 is 41.7 Å². The van der Waals surface area contributed by atoms with Crippen molar-refractivity contribution in [3.8, 4) is 11.6 Å². The van der Waals surface area contributed by atoms with E-state index in [1.807, 2.05) is 0 Å². The van der Waals surface area contributed by atoms with Crippen molar-refractivity contribution in [2.45, 2.75) is 18.9 Å². The van der Waals surface area contributed by atoms with Crippen molar-refractivity contribution >= 4 is 6.72 Å². The third-order valence-corrected chi connectivity index (χ3v) is 3.25. The van der Waals surface area contributed by atoms with Crippen molar-refractivity contribution in [2.75, 3.05) is 0 Å². The Labute approximate surface area is 142 Å². The average Bonchev–Trinajstić information content (AvgIpc) is 2.54. The fraction of sp³-hybridized carbons (Fsp3) is 0.200. The Morgan fingerprint density at radius 1 is 0.923 bits per heavy atom. The lowest BCUT2D eigenvalue weighted by Crippen LogP contribution is -2.17.